The van der Waals surface area contributed by atoms with Crippen LogP contribution in [-0.2, 0) is 11.3 Å². The molecule has 0 spiro atoms. The second-order valence-electron chi connectivity index (χ2n) is 5.95. The Balaban J connectivity index is 2.14. The highest BCUT2D eigenvalue weighted by Crippen LogP contribution is 2.30. The molecule has 7 nitrogen and oxygen atoms in total. The zero-order valence-corrected chi connectivity index (χ0v) is 15.7. The van der Waals surface area contributed by atoms with Gasteiger partial charge in [-0.3, -0.25) is 9.59 Å². The van der Waals surface area contributed by atoms with Crippen molar-refractivity contribution in [2.45, 2.75) is 19.5 Å². The van der Waals surface area contributed by atoms with Gasteiger partial charge < -0.3 is 25.8 Å². The molecule has 0 radical (unpaired) electrons. The third-order valence-corrected chi connectivity index (χ3v) is 4.18. The van der Waals surface area contributed by atoms with Crippen LogP contribution in [0.5, 0.6) is 11.5 Å². The Labute approximate surface area is 158 Å². The van der Waals surface area contributed by atoms with E-state index in [1.165, 1.54) is 0 Å². The Hall–Kier alpha value is -3.06. The van der Waals surface area contributed by atoms with Crippen LogP contribution >= 0.6 is 0 Å². The zero-order valence-electron chi connectivity index (χ0n) is 15.7. The van der Waals surface area contributed by atoms with Gasteiger partial charge in [-0.15, -0.1) is 0 Å². The van der Waals surface area contributed by atoms with Crippen molar-refractivity contribution in [1.82, 2.24) is 10.6 Å². The molecule has 2 aromatic rings. The summed E-state index contributed by atoms with van der Waals surface area (Å²) in [5, 5.41) is 5.65. The predicted molar refractivity (Wildman–Crippen MR) is 103 cm³/mol. The minimum absolute atomic E-state index is 0.0926. The molecule has 0 bridgehead atoms. The monoisotopic (exact) mass is 371 g/mol. The maximum atomic E-state index is 12.7. The van der Waals surface area contributed by atoms with E-state index in [4.69, 9.17) is 15.2 Å². The third-order valence-electron chi connectivity index (χ3n) is 4.18. The van der Waals surface area contributed by atoms with Gasteiger partial charge in [-0.2, -0.15) is 0 Å². The van der Waals surface area contributed by atoms with Crippen molar-refractivity contribution in [2.75, 3.05) is 20.8 Å². The molecule has 0 fully saturated rings. The van der Waals surface area contributed by atoms with Crippen molar-refractivity contribution in [3.8, 4) is 11.5 Å². The van der Waals surface area contributed by atoms with Crippen molar-refractivity contribution < 1.29 is 19.1 Å². The van der Waals surface area contributed by atoms with Crippen LogP contribution in [0.15, 0.2) is 42.5 Å². The van der Waals surface area contributed by atoms with Gasteiger partial charge in [0.25, 0.3) is 5.91 Å². The summed E-state index contributed by atoms with van der Waals surface area (Å²) < 4.78 is 10.5. The number of rotatable bonds is 8. The minimum atomic E-state index is -0.274. The summed E-state index contributed by atoms with van der Waals surface area (Å²) in [7, 11) is 3.14. The van der Waals surface area contributed by atoms with Crippen molar-refractivity contribution in [3.63, 3.8) is 0 Å². The van der Waals surface area contributed by atoms with Crippen LogP contribution < -0.4 is 25.8 Å². The fourth-order valence-electron chi connectivity index (χ4n) is 2.64. The van der Waals surface area contributed by atoms with Gasteiger partial charge in [0.05, 0.1) is 26.8 Å². The molecule has 4 N–H and O–H groups in total. The lowest BCUT2D eigenvalue weighted by Gasteiger charge is -2.18. The summed E-state index contributed by atoms with van der Waals surface area (Å²) in [6.45, 7) is 2.03. The number of methoxy groups -OCH3 is 2. The van der Waals surface area contributed by atoms with Gasteiger partial charge in [-0.1, -0.05) is 24.3 Å². The summed E-state index contributed by atoms with van der Waals surface area (Å²) in [4.78, 5) is 24.1. The van der Waals surface area contributed by atoms with Crippen molar-refractivity contribution >= 4 is 11.8 Å². The van der Waals surface area contributed by atoms with Crippen LogP contribution in [-0.4, -0.2) is 32.6 Å². The van der Waals surface area contributed by atoms with Gasteiger partial charge in [-0.05, 0) is 36.2 Å². The van der Waals surface area contributed by atoms with Crippen LogP contribution in [0.2, 0.25) is 0 Å². The number of nitrogens with one attached hydrogen (secondary N) is 2. The topological polar surface area (TPSA) is 103 Å². The molecule has 0 saturated carbocycles. The van der Waals surface area contributed by atoms with E-state index in [2.05, 4.69) is 10.6 Å². The highest BCUT2D eigenvalue weighted by Gasteiger charge is 2.16. The molecule has 2 rings (SSSR count). The van der Waals surface area contributed by atoms with E-state index in [0.717, 1.165) is 11.1 Å². The van der Waals surface area contributed by atoms with Crippen LogP contribution in [0.3, 0.4) is 0 Å². The standard InChI is InChI=1S/C20H25N3O4/c1-13(14-8-9-17(26-2)18(10-14)27-3)23-20(25)16-7-5-4-6-15(16)12-22-19(24)11-21/h4-10,13H,11-12,21H2,1-3H3,(H,22,24)(H,23,25)/t13-/m1/s1. The lowest BCUT2D eigenvalue weighted by atomic mass is 10.0. The Morgan fingerprint density at radius 1 is 1.07 bits per heavy atom. The quantitative estimate of drug-likeness (QED) is 0.656. The van der Waals surface area contributed by atoms with Gasteiger partial charge in [-0.25, -0.2) is 0 Å². The number of carbonyl (C=O) groups is 2. The van der Waals surface area contributed by atoms with E-state index in [9.17, 15) is 9.59 Å². The fraction of sp³-hybridized carbons (Fsp3) is 0.300. The Kier molecular flexibility index (Phi) is 7.19. The first-order valence-electron chi connectivity index (χ1n) is 8.57. The molecule has 0 unspecified atom stereocenters. The molecule has 7 heteroatoms. The normalized spacial score (nSPS) is 11.4. The second-order valence-corrected chi connectivity index (χ2v) is 5.95. The minimum Gasteiger partial charge on any atom is -0.493 e. The molecule has 27 heavy (non-hydrogen) atoms. The van der Waals surface area contributed by atoms with Gasteiger partial charge in [0.1, 0.15) is 0 Å². The second kappa shape index (κ2) is 9.59. The van der Waals surface area contributed by atoms with Crippen molar-refractivity contribution in [2.24, 2.45) is 5.73 Å². The maximum absolute atomic E-state index is 12.7. The Morgan fingerprint density at radius 2 is 1.78 bits per heavy atom. The van der Waals surface area contributed by atoms with Crippen molar-refractivity contribution in [1.29, 1.82) is 0 Å². The summed E-state index contributed by atoms with van der Waals surface area (Å²) in [5.41, 5.74) is 7.40. The molecule has 1 atom stereocenters. The average Bonchev–Trinajstić information content (AvgIpc) is 2.71. The lowest BCUT2D eigenvalue weighted by molar-refractivity contribution is -0.119. The molecule has 0 aliphatic heterocycles. The van der Waals surface area contributed by atoms with Crippen LogP contribution in [0.4, 0.5) is 0 Å². The highest BCUT2D eigenvalue weighted by molar-refractivity contribution is 5.96. The maximum Gasteiger partial charge on any atom is 0.252 e. The molecule has 0 aromatic heterocycles. The Bertz CT molecular complexity index is 808. The molecule has 0 aliphatic rings. The number of hydrogen-bond acceptors (Lipinski definition) is 5. The molecular weight excluding hydrogens is 346 g/mol. The third kappa shape index (κ3) is 5.21. The van der Waals surface area contributed by atoms with E-state index in [1.807, 2.05) is 25.1 Å². The van der Waals surface area contributed by atoms with Crippen molar-refractivity contribution in [3.05, 3.63) is 59.2 Å². The molecular formula is C20H25N3O4. The SMILES string of the molecule is COc1ccc([C@@H](C)NC(=O)c2ccccc2CNC(=O)CN)cc1OC. The number of carbonyl (C=O) groups excluding carboxylic acids is 2. The average molecular weight is 371 g/mol. The summed E-state index contributed by atoms with van der Waals surface area (Å²) >= 11 is 0. The molecule has 2 amide bonds. The molecule has 0 heterocycles. The van der Waals surface area contributed by atoms with Gasteiger partial charge in [0.2, 0.25) is 5.91 Å². The van der Waals surface area contributed by atoms with E-state index < -0.39 is 0 Å². The number of nitrogens with two attached hydrogens (primary N) is 1. The van der Waals surface area contributed by atoms with Crippen LogP contribution in [0.1, 0.15) is 34.5 Å². The lowest BCUT2D eigenvalue weighted by Crippen LogP contribution is -2.32. The number of ether oxygens (including phenoxy) is 2. The van der Waals surface area contributed by atoms with Gasteiger partial charge >= 0.3 is 0 Å². The van der Waals surface area contributed by atoms with Gasteiger partial charge in [0.15, 0.2) is 11.5 Å². The number of benzene rings is 2. The van der Waals surface area contributed by atoms with Gasteiger partial charge in [0, 0.05) is 12.1 Å². The predicted octanol–water partition coefficient (Wildman–Crippen LogP) is 1.77. The fourth-order valence-corrected chi connectivity index (χ4v) is 2.64. The molecule has 144 valence electrons. The number of hydrogen-bond donors (Lipinski definition) is 3. The van der Waals surface area contributed by atoms with Crippen LogP contribution in [0.25, 0.3) is 0 Å². The van der Waals surface area contributed by atoms with E-state index in [1.54, 1.807) is 38.5 Å². The van der Waals surface area contributed by atoms with E-state index >= 15 is 0 Å². The van der Waals surface area contributed by atoms with Crippen LogP contribution in [0, 0.1) is 0 Å². The summed E-state index contributed by atoms with van der Waals surface area (Å²) in [6.07, 6.45) is 0. The molecule has 0 saturated heterocycles. The van der Waals surface area contributed by atoms with E-state index in [0.29, 0.717) is 17.1 Å². The first-order chi connectivity index (χ1) is 13.0. The molecule has 2 aromatic carbocycles. The summed E-state index contributed by atoms with van der Waals surface area (Å²) in [5.74, 6) is 0.723. The zero-order chi connectivity index (χ0) is 19.8. The largest absolute Gasteiger partial charge is 0.493 e. The first kappa shape index (κ1) is 20.3. The highest BCUT2D eigenvalue weighted by atomic mass is 16.5. The van der Waals surface area contributed by atoms with E-state index in [-0.39, 0.29) is 30.9 Å². The first-order valence-corrected chi connectivity index (χ1v) is 8.57. The Morgan fingerprint density at radius 3 is 2.44 bits per heavy atom. The molecule has 0 aliphatic carbocycles. The summed E-state index contributed by atoms with van der Waals surface area (Å²) in [6, 6.07) is 12.4. The smallest absolute Gasteiger partial charge is 0.252 e. The number of amides is 2.